The molecule has 8 nitrogen and oxygen atoms in total. The van der Waals surface area contributed by atoms with E-state index < -0.39 is 9.05 Å². The summed E-state index contributed by atoms with van der Waals surface area (Å²) in [5.74, 6) is 0. The molecule has 0 aromatic carbocycles. The Morgan fingerprint density at radius 3 is 1.73 bits per heavy atom. The lowest BCUT2D eigenvalue weighted by Gasteiger charge is -2.22. The average Bonchev–Trinajstić information content (AvgIpc) is 2.19. The predicted molar refractivity (Wildman–Crippen MR) is 49.7 cm³/mol. The molecular weight excluding hydrogens is 226 g/mol. The molecule has 0 bridgehead atoms. The van der Waals surface area contributed by atoms with Gasteiger partial charge in [0, 0.05) is 6.61 Å². The van der Waals surface area contributed by atoms with Crippen LogP contribution < -0.4 is 5.73 Å². The second kappa shape index (κ2) is 9.15. The first-order valence-corrected chi connectivity index (χ1v) is 5.87. The van der Waals surface area contributed by atoms with Crippen LogP contribution in [0.3, 0.4) is 0 Å². The van der Waals surface area contributed by atoms with E-state index >= 15 is 0 Å². The fourth-order valence-corrected chi connectivity index (χ4v) is 1.93. The van der Waals surface area contributed by atoms with Crippen LogP contribution >= 0.6 is 0 Å². The summed E-state index contributed by atoms with van der Waals surface area (Å²) in [6, 6.07) is 0. The Balaban J connectivity index is 4.18. The third kappa shape index (κ3) is 6.14. The van der Waals surface area contributed by atoms with Crippen LogP contribution in [0.1, 0.15) is 6.42 Å². The Morgan fingerprint density at radius 1 is 0.933 bits per heavy atom. The highest BCUT2D eigenvalue weighted by Gasteiger charge is 2.51. The Kier molecular flexibility index (Phi) is 9.08. The SMILES string of the molecule is COO[Si](OCCCN)(OOC)OOC. The van der Waals surface area contributed by atoms with Crippen LogP contribution in [0.5, 0.6) is 0 Å². The quantitative estimate of drug-likeness (QED) is 0.238. The number of rotatable bonds is 10. The van der Waals surface area contributed by atoms with Crippen molar-refractivity contribution in [3.8, 4) is 0 Å². The van der Waals surface area contributed by atoms with Gasteiger partial charge in [-0.15, -0.1) is 0 Å². The molecule has 0 rings (SSSR count). The van der Waals surface area contributed by atoms with E-state index in [9.17, 15) is 0 Å². The molecule has 0 spiro atoms. The van der Waals surface area contributed by atoms with Gasteiger partial charge in [-0.25, -0.2) is 14.7 Å². The molecule has 0 heterocycles. The van der Waals surface area contributed by atoms with Crippen molar-refractivity contribution in [2.24, 2.45) is 5.73 Å². The first-order valence-electron chi connectivity index (χ1n) is 4.24. The summed E-state index contributed by atoms with van der Waals surface area (Å²) in [6.45, 7) is 0.746. The van der Waals surface area contributed by atoms with Crippen molar-refractivity contribution in [1.29, 1.82) is 0 Å². The molecule has 9 heteroatoms. The summed E-state index contributed by atoms with van der Waals surface area (Å²) in [5.41, 5.74) is 5.30. The Morgan fingerprint density at radius 2 is 1.40 bits per heavy atom. The van der Waals surface area contributed by atoms with Crippen LogP contribution in [-0.2, 0) is 32.8 Å². The predicted octanol–water partition coefficient (Wildman–Crippen LogP) is -0.479. The molecule has 2 N–H and O–H groups in total. The van der Waals surface area contributed by atoms with Crippen molar-refractivity contribution in [2.45, 2.75) is 6.42 Å². The van der Waals surface area contributed by atoms with Gasteiger partial charge in [0.2, 0.25) is 0 Å². The third-order valence-corrected chi connectivity index (χ3v) is 2.85. The fourth-order valence-electron chi connectivity index (χ4n) is 0.701. The highest BCUT2D eigenvalue weighted by molar-refractivity contribution is 6.52. The smallest absolute Gasteiger partial charge is 0.347 e. The Bertz CT molecular complexity index is 132. The van der Waals surface area contributed by atoms with E-state index in [4.69, 9.17) is 23.9 Å². The molecule has 0 amide bonds. The molecule has 0 aromatic heterocycles. The minimum absolute atomic E-state index is 0.277. The molecule has 0 radical (unpaired) electrons. The summed E-state index contributed by atoms with van der Waals surface area (Å²) in [7, 11) is 0.296. The van der Waals surface area contributed by atoms with Gasteiger partial charge in [0.15, 0.2) is 0 Å². The van der Waals surface area contributed by atoms with Gasteiger partial charge in [0.1, 0.15) is 0 Å². The zero-order chi connectivity index (χ0) is 11.6. The van der Waals surface area contributed by atoms with Crippen molar-refractivity contribution < 1.29 is 32.8 Å². The molecule has 0 fully saturated rings. The van der Waals surface area contributed by atoms with Gasteiger partial charge in [-0.3, -0.25) is 0 Å². The normalized spacial score (nSPS) is 12.0. The van der Waals surface area contributed by atoms with Gasteiger partial charge in [0.05, 0.1) is 21.3 Å². The molecular formula is C6H17NO7Si. The molecule has 0 aliphatic carbocycles. The second-order valence-corrected chi connectivity index (χ2v) is 4.03. The molecule has 0 aliphatic heterocycles. The van der Waals surface area contributed by atoms with E-state index in [-0.39, 0.29) is 6.61 Å². The monoisotopic (exact) mass is 243 g/mol. The maximum Gasteiger partial charge on any atom is 0.764 e. The lowest BCUT2D eigenvalue weighted by atomic mass is 10.5. The van der Waals surface area contributed by atoms with Crippen molar-refractivity contribution in [1.82, 2.24) is 0 Å². The molecule has 0 saturated carbocycles. The summed E-state index contributed by atoms with van der Waals surface area (Å²) >= 11 is 0. The van der Waals surface area contributed by atoms with Gasteiger partial charge < -0.3 is 10.2 Å². The largest absolute Gasteiger partial charge is 0.764 e. The minimum Gasteiger partial charge on any atom is -0.347 e. The van der Waals surface area contributed by atoms with Gasteiger partial charge in [-0.05, 0) is 13.0 Å². The van der Waals surface area contributed by atoms with E-state index in [1.165, 1.54) is 21.3 Å². The minimum atomic E-state index is -3.55. The molecule has 0 aromatic rings. The summed E-state index contributed by atoms with van der Waals surface area (Å²) in [6.07, 6.45) is 0.613. The van der Waals surface area contributed by atoms with Crippen LogP contribution in [0.15, 0.2) is 0 Å². The fraction of sp³-hybridized carbons (Fsp3) is 1.00. The van der Waals surface area contributed by atoms with E-state index in [2.05, 4.69) is 14.7 Å². The molecule has 0 unspecified atom stereocenters. The average molecular weight is 243 g/mol. The van der Waals surface area contributed by atoms with E-state index in [1.807, 2.05) is 0 Å². The maximum atomic E-state index is 5.30. The van der Waals surface area contributed by atoms with E-state index in [0.29, 0.717) is 13.0 Å². The zero-order valence-electron chi connectivity index (χ0n) is 9.06. The standard InChI is InChI=1S/C6H17NO7Si/c1-8-12-15(13-9-2,14-10-3)11-6-4-5-7/h4-7H2,1-3H3. The molecule has 0 saturated heterocycles. The van der Waals surface area contributed by atoms with Crippen LogP contribution in [0.2, 0.25) is 0 Å². The molecule has 0 atom stereocenters. The van der Waals surface area contributed by atoms with Crippen LogP contribution in [0, 0.1) is 0 Å². The van der Waals surface area contributed by atoms with E-state index in [1.54, 1.807) is 0 Å². The number of hydrogen-bond acceptors (Lipinski definition) is 8. The van der Waals surface area contributed by atoms with Crippen molar-refractivity contribution in [2.75, 3.05) is 34.5 Å². The Labute approximate surface area is 89.4 Å². The Hall–Kier alpha value is -0.103. The summed E-state index contributed by atoms with van der Waals surface area (Å²) in [4.78, 5) is 13.3. The van der Waals surface area contributed by atoms with Crippen molar-refractivity contribution in [3.05, 3.63) is 0 Å². The summed E-state index contributed by atoms with van der Waals surface area (Å²) in [5, 5.41) is 0. The highest BCUT2D eigenvalue weighted by atomic mass is 28.4. The van der Waals surface area contributed by atoms with Gasteiger partial charge in [0.25, 0.3) is 0 Å². The molecule has 92 valence electrons. The molecule has 0 aliphatic rings. The number of nitrogens with two attached hydrogens (primary N) is 1. The van der Waals surface area contributed by atoms with E-state index in [0.717, 1.165) is 0 Å². The van der Waals surface area contributed by atoms with Crippen LogP contribution in [0.4, 0.5) is 0 Å². The first-order chi connectivity index (χ1) is 7.24. The summed E-state index contributed by atoms with van der Waals surface area (Å²) < 4.78 is 19.4. The van der Waals surface area contributed by atoms with Crippen LogP contribution in [0.25, 0.3) is 0 Å². The molecule has 15 heavy (non-hydrogen) atoms. The third-order valence-electron chi connectivity index (χ3n) is 1.18. The van der Waals surface area contributed by atoms with Crippen molar-refractivity contribution >= 4 is 9.05 Å². The van der Waals surface area contributed by atoms with Gasteiger partial charge >= 0.3 is 9.05 Å². The maximum absolute atomic E-state index is 5.30. The lowest BCUT2D eigenvalue weighted by molar-refractivity contribution is -0.370. The highest BCUT2D eigenvalue weighted by Crippen LogP contribution is 2.12. The number of hydrogen-bond donors (Lipinski definition) is 1. The van der Waals surface area contributed by atoms with Gasteiger partial charge in [-0.1, -0.05) is 0 Å². The second-order valence-electron chi connectivity index (χ2n) is 2.24. The van der Waals surface area contributed by atoms with Crippen LogP contribution in [-0.4, -0.2) is 43.5 Å². The topological polar surface area (TPSA) is 90.6 Å². The first kappa shape index (κ1) is 14.9. The van der Waals surface area contributed by atoms with Gasteiger partial charge in [-0.2, -0.15) is 13.7 Å². The zero-order valence-corrected chi connectivity index (χ0v) is 10.1. The van der Waals surface area contributed by atoms with Crippen molar-refractivity contribution in [3.63, 3.8) is 0 Å². The lowest BCUT2D eigenvalue weighted by Crippen LogP contribution is -2.49.